The molecule has 2 radical (unpaired) electrons. The van der Waals surface area contributed by atoms with E-state index in [1.54, 1.807) is 0 Å². The van der Waals surface area contributed by atoms with E-state index in [2.05, 4.69) is 125 Å². The Labute approximate surface area is 266 Å². The Morgan fingerprint density at radius 2 is 0.605 bits per heavy atom. The molecule has 0 saturated carbocycles. The zero-order chi connectivity index (χ0) is 30.3. The van der Waals surface area contributed by atoms with Crippen molar-refractivity contribution in [3.63, 3.8) is 0 Å². The largest absolute Gasteiger partial charge is 0.442 e. The van der Waals surface area contributed by atoms with Crippen molar-refractivity contribution >= 4 is 38.8 Å². The molecule has 0 unspecified atom stereocenters. The molecule has 3 heteroatoms. The average molecular weight is 605 g/mol. The molecule has 4 aromatic carbocycles. The Bertz CT molecular complexity index is 1170. The monoisotopic (exact) mass is 604 g/mol. The topological polar surface area (TPSA) is 9.23 Å². The SMILES string of the molecule is CCCCc1ccccc1[Si](O[Si](c1ccccc1CCCC)c1ccccc1CCCC)c1ccccc1CCCC. The predicted octanol–water partition coefficient (Wildman–Crippen LogP) is 7.99. The van der Waals surface area contributed by atoms with Gasteiger partial charge < -0.3 is 4.12 Å². The van der Waals surface area contributed by atoms with E-state index in [1.165, 1.54) is 94.4 Å². The molecule has 0 N–H and O–H groups in total. The van der Waals surface area contributed by atoms with Gasteiger partial charge in [0.05, 0.1) is 0 Å². The Morgan fingerprint density at radius 3 is 0.837 bits per heavy atom. The summed E-state index contributed by atoms with van der Waals surface area (Å²) in [6, 6.07) is 36.9. The summed E-state index contributed by atoms with van der Waals surface area (Å²) >= 11 is 0. The summed E-state index contributed by atoms with van der Waals surface area (Å²) in [7, 11) is -3.08. The number of hydrogen-bond acceptors (Lipinski definition) is 1. The molecule has 0 aliphatic carbocycles. The number of aryl methyl sites for hydroxylation is 4. The lowest BCUT2D eigenvalue weighted by Gasteiger charge is -2.29. The Kier molecular flexibility index (Phi) is 14.0. The molecule has 0 bridgehead atoms. The highest BCUT2D eigenvalue weighted by atomic mass is 28.4. The lowest BCUT2D eigenvalue weighted by molar-refractivity contribution is 0.630. The van der Waals surface area contributed by atoms with Crippen LogP contribution in [-0.4, -0.2) is 18.1 Å². The van der Waals surface area contributed by atoms with Gasteiger partial charge in [-0.2, -0.15) is 0 Å². The highest BCUT2D eigenvalue weighted by Gasteiger charge is 2.33. The van der Waals surface area contributed by atoms with Crippen LogP contribution in [-0.2, 0) is 29.8 Å². The van der Waals surface area contributed by atoms with Crippen molar-refractivity contribution in [1.29, 1.82) is 0 Å². The maximum Gasteiger partial charge on any atom is 0.273 e. The van der Waals surface area contributed by atoms with Crippen LogP contribution in [0.4, 0.5) is 0 Å². The van der Waals surface area contributed by atoms with Crippen molar-refractivity contribution in [3.8, 4) is 0 Å². The van der Waals surface area contributed by atoms with Gasteiger partial charge in [0.2, 0.25) is 0 Å². The molecule has 43 heavy (non-hydrogen) atoms. The summed E-state index contributed by atoms with van der Waals surface area (Å²) < 4.78 is 7.88. The van der Waals surface area contributed by atoms with Crippen molar-refractivity contribution in [3.05, 3.63) is 119 Å². The van der Waals surface area contributed by atoms with Crippen LogP contribution >= 0.6 is 0 Å². The molecule has 0 amide bonds. The summed E-state index contributed by atoms with van der Waals surface area (Å²) in [6.07, 6.45) is 14.1. The van der Waals surface area contributed by atoms with Crippen LogP contribution < -0.4 is 20.7 Å². The van der Waals surface area contributed by atoms with Gasteiger partial charge >= 0.3 is 0 Å². The quantitative estimate of drug-likeness (QED) is 0.105. The second kappa shape index (κ2) is 18.2. The van der Waals surface area contributed by atoms with Crippen molar-refractivity contribution in [1.82, 2.24) is 0 Å². The van der Waals surface area contributed by atoms with E-state index in [0.29, 0.717) is 0 Å². The van der Waals surface area contributed by atoms with E-state index in [0.717, 1.165) is 25.7 Å². The molecule has 0 saturated heterocycles. The van der Waals surface area contributed by atoms with Crippen molar-refractivity contribution in [2.45, 2.75) is 105 Å². The minimum Gasteiger partial charge on any atom is -0.442 e. The normalized spacial score (nSPS) is 11.5. The minimum absolute atomic E-state index is 1.11. The zero-order valence-corrected chi connectivity index (χ0v) is 29.1. The number of benzene rings is 4. The van der Waals surface area contributed by atoms with Crippen LogP contribution in [0.3, 0.4) is 0 Å². The first kappa shape index (κ1) is 33.2. The zero-order valence-electron chi connectivity index (χ0n) is 27.1. The van der Waals surface area contributed by atoms with Crippen LogP contribution in [0, 0.1) is 0 Å². The summed E-state index contributed by atoms with van der Waals surface area (Å²) in [4.78, 5) is 0. The van der Waals surface area contributed by atoms with Gasteiger partial charge in [-0.25, -0.2) is 0 Å². The Morgan fingerprint density at radius 1 is 0.372 bits per heavy atom. The maximum atomic E-state index is 7.88. The number of rotatable bonds is 18. The van der Waals surface area contributed by atoms with Crippen molar-refractivity contribution < 1.29 is 4.12 Å². The molecular weight excluding hydrogens is 553 g/mol. The molecule has 4 rings (SSSR count). The van der Waals surface area contributed by atoms with Gasteiger partial charge in [0.15, 0.2) is 0 Å². The van der Waals surface area contributed by atoms with Gasteiger partial charge in [-0.1, -0.05) is 150 Å². The second-order valence-electron chi connectivity index (χ2n) is 11.8. The van der Waals surface area contributed by atoms with E-state index in [-0.39, 0.29) is 0 Å². The molecule has 226 valence electrons. The van der Waals surface area contributed by atoms with Crippen LogP contribution in [0.5, 0.6) is 0 Å². The fourth-order valence-corrected chi connectivity index (χ4v) is 12.1. The third-order valence-electron chi connectivity index (χ3n) is 8.45. The van der Waals surface area contributed by atoms with Crippen LogP contribution in [0.1, 0.15) is 101 Å². The fraction of sp³-hybridized carbons (Fsp3) is 0.400. The molecule has 0 aliphatic heterocycles. The van der Waals surface area contributed by atoms with E-state index >= 15 is 0 Å². The second-order valence-corrected chi connectivity index (χ2v) is 16.1. The first-order chi connectivity index (χ1) is 21.2. The van der Waals surface area contributed by atoms with Crippen LogP contribution in [0.2, 0.25) is 0 Å². The molecule has 0 heterocycles. The number of unbranched alkanes of at least 4 members (excludes halogenated alkanes) is 4. The molecule has 4 aromatic rings. The third-order valence-corrected chi connectivity index (χ3v) is 14.0. The standard InChI is InChI=1S/C40H52OSi2/c1-5-9-21-33-25-13-17-29-37(33)42(38-30-18-14-26-34(38)22-10-6-2)41-43(39-31-19-15-27-35(39)23-11-7-3)40-32-20-16-28-36(40)24-12-8-4/h13-20,25-32H,5-12,21-24H2,1-4H3. The molecule has 0 fully saturated rings. The lowest BCUT2D eigenvalue weighted by Crippen LogP contribution is -2.58. The molecule has 0 aromatic heterocycles. The van der Waals surface area contributed by atoms with E-state index in [4.69, 9.17) is 4.12 Å². The predicted molar refractivity (Wildman–Crippen MR) is 191 cm³/mol. The summed E-state index contributed by atoms with van der Waals surface area (Å²) in [5, 5.41) is 5.79. The van der Waals surface area contributed by atoms with Crippen LogP contribution in [0.25, 0.3) is 0 Å². The highest BCUT2D eigenvalue weighted by molar-refractivity contribution is 6.92. The van der Waals surface area contributed by atoms with Gasteiger partial charge in [-0.05, 0) is 94.4 Å². The smallest absolute Gasteiger partial charge is 0.273 e. The molecular formula is C40H52OSi2. The molecule has 1 nitrogen and oxygen atoms in total. The van der Waals surface area contributed by atoms with Crippen molar-refractivity contribution in [2.75, 3.05) is 0 Å². The maximum absolute atomic E-state index is 7.88. The first-order valence-corrected chi connectivity index (χ1v) is 19.8. The summed E-state index contributed by atoms with van der Waals surface area (Å²) in [5.74, 6) is 0. The van der Waals surface area contributed by atoms with Gasteiger partial charge in [-0.3, -0.25) is 0 Å². The lowest BCUT2D eigenvalue weighted by atomic mass is 10.1. The number of hydrogen-bond donors (Lipinski definition) is 0. The Balaban J connectivity index is 1.92. The van der Waals surface area contributed by atoms with Gasteiger partial charge in [0.1, 0.15) is 0 Å². The van der Waals surface area contributed by atoms with Crippen LogP contribution in [0.15, 0.2) is 97.1 Å². The first-order valence-electron chi connectivity index (χ1n) is 17.0. The van der Waals surface area contributed by atoms with Gasteiger partial charge in [0, 0.05) is 0 Å². The highest BCUT2D eigenvalue weighted by Crippen LogP contribution is 2.14. The van der Waals surface area contributed by atoms with E-state index in [1.807, 2.05) is 0 Å². The minimum atomic E-state index is -1.54. The summed E-state index contributed by atoms with van der Waals surface area (Å²) in [5.41, 5.74) is 5.90. The fourth-order valence-electron chi connectivity index (χ4n) is 5.92. The third kappa shape index (κ3) is 9.14. The van der Waals surface area contributed by atoms with E-state index < -0.39 is 18.1 Å². The molecule has 0 atom stereocenters. The Hall–Kier alpha value is -2.73. The summed E-state index contributed by atoms with van der Waals surface area (Å²) in [6.45, 7) is 9.19. The van der Waals surface area contributed by atoms with Gasteiger partial charge in [-0.15, -0.1) is 0 Å². The molecule has 0 spiro atoms. The van der Waals surface area contributed by atoms with Crippen molar-refractivity contribution in [2.24, 2.45) is 0 Å². The average Bonchev–Trinajstić information content (AvgIpc) is 3.06. The van der Waals surface area contributed by atoms with Gasteiger partial charge in [0.25, 0.3) is 18.1 Å². The molecule has 0 aliphatic rings. The van der Waals surface area contributed by atoms with E-state index in [9.17, 15) is 0 Å².